The van der Waals surface area contributed by atoms with Gasteiger partial charge >= 0.3 is 6.09 Å². The fourth-order valence-corrected chi connectivity index (χ4v) is 1.31. The van der Waals surface area contributed by atoms with E-state index in [1.807, 2.05) is 0 Å². The van der Waals surface area contributed by atoms with Gasteiger partial charge in [0.15, 0.2) is 0 Å². The SMILES string of the molecule is CC(C)(C)OC(=O)NC1COC[C@@]1(C)O. The molecule has 1 saturated heterocycles. The van der Waals surface area contributed by atoms with Crippen LogP contribution < -0.4 is 5.32 Å². The predicted octanol–water partition coefficient (Wildman–Crippen LogP) is 0.661. The van der Waals surface area contributed by atoms with Crippen molar-refractivity contribution in [3.05, 3.63) is 0 Å². The molecule has 1 aliphatic rings. The maximum absolute atomic E-state index is 11.4. The quantitative estimate of drug-likeness (QED) is 0.677. The molecule has 0 aromatic heterocycles. The van der Waals surface area contributed by atoms with E-state index in [9.17, 15) is 9.90 Å². The van der Waals surface area contributed by atoms with E-state index >= 15 is 0 Å². The van der Waals surface area contributed by atoms with E-state index in [-0.39, 0.29) is 6.61 Å². The minimum absolute atomic E-state index is 0.230. The Balaban J connectivity index is 2.45. The molecule has 5 heteroatoms. The van der Waals surface area contributed by atoms with Crippen molar-refractivity contribution in [3.8, 4) is 0 Å². The second-order valence-electron chi connectivity index (χ2n) is 5.07. The number of alkyl carbamates (subject to hydrolysis) is 1. The summed E-state index contributed by atoms with van der Waals surface area (Å²) in [5.74, 6) is 0. The first-order chi connectivity index (χ1) is 6.71. The monoisotopic (exact) mass is 217 g/mol. The van der Waals surface area contributed by atoms with Crippen LogP contribution in [0.15, 0.2) is 0 Å². The van der Waals surface area contributed by atoms with Crippen molar-refractivity contribution in [3.63, 3.8) is 0 Å². The molecule has 1 heterocycles. The van der Waals surface area contributed by atoms with Crippen LogP contribution >= 0.6 is 0 Å². The van der Waals surface area contributed by atoms with E-state index in [0.717, 1.165) is 0 Å². The summed E-state index contributed by atoms with van der Waals surface area (Å²) in [4.78, 5) is 11.4. The molecule has 0 spiro atoms. The van der Waals surface area contributed by atoms with Crippen LogP contribution in [0.5, 0.6) is 0 Å². The number of hydrogen-bond donors (Lipinski definition) is 2. The highest BCUT2D eigenvalue weighted by atomic mass is 16.6. The Labute approximate surface area is 89.8 Å². The second-order valence-corrected chi connectivity index (χ2v) is 5.07. The van der Waals surface area contributed by atoms with Gasteiger partial charge < -0.3 is 19.9 Å². The van der Waals surface area contributed by atoms with Crippen molar-refractivity contribution in [2.24, 2.45) is 0 Å². The Hall–Kier alpha value is -0.810. The van der Waals surface area contributed by atoms with E-state index < -0.39 is 23.3 Å². The van der Waals surface area contributed by atoms with Gasteiger partial charge in [-0.1, -0.05) is 0 Å². The summed E-state index contributed by atoms with van der Waals surface area (Å²) in [5, 5.41) is 12.4. The van der Waals surface area contributed by atoms with E-state index in [0.29, 0.717) is 6.61 Å². The third-order valence-electron chi connectivity index (χ3n) is 2.12. The number of aliphatic hydroxyl groups is 1. The first-order valence-electron chi connectivity index (χ1n) is 5.00. The average Bonchev–Trinajstić information content (AvgIpc) is 2.26. The molecule has 2 N–H and O–H groups in total. The smallest absolute Gasteiger partial charge is 0.408 e. The largest absolute Gasteiger partial charge is 0.444 e. The van der Waals surface area contributed by atoms with E-state index in [1.165, 1.54) is 0 Å². The molecular formula is C10H19NO4. The van der Waals surface area contributed by atoms with Crippen molar-refractivity contribution < 1.29 is 19.4 Å². The van der Waals surface area contributed by atoms with Crippen molar-refractivity contribution in [1.29, 1.82) is 0 Å². The van der Waals surface area contributed by atoms with Gasteiger partial charge in [0.1, 0.15) is 11.2 Å². The molecule has 1 rings (SSSR count). The van der Waals surface area contributed by atoms with Gasteiger partial charge in [-0.05, 0) is 27.7 Å². The maximum Gasteiger partial charge on any atom is 0.408 e. The molecule has 88 valence electrons. The number of hydrogen-bond acceptors (Lipinski definition) is 4. The van der Waals surface area contributed by atoms with Crippen molar-refractivity contribution in [2.45, 2.75) is 44.9 Å². The molecule has 0 aromatic rings. The van der Waals surface area contributed by atoms with Gasteiger partial charge in [-0.15, -0.1) is 0 Å². The fraction of sp³-hybridized carbons (Fsp3) is 0.900. The van der Waals surface area contributed by atoms with Gasteiger partial charge in [0.2, 0.25) is 0 Å². The zero-order chi connectivity index (χ0) is 11.7. The lowest BCUT2D eigenvalue weighted by atomic mass is 10.0. The zero-order valence-corrected chi connectivity index (χ0v) is 9.66. The molecule has 1 fully saturated rings. The number of ether oxygens (including phenoxy) is 2. The molecule has 0 aliphatic carbocycles. The standard InChI is InChI=1S/C10H19NO4/c1-9(2,3)15-8(12)11-7-5-14-6-10(7,4)13/h7,13H,5-6H2,1-4H3,(H,11,12)/t7?,10-/m1/s1. The highest BCUT2D eigenvalue weighted by Gasteiger charge is 2.39. The third kappa shape index (κ3) is 3.68. The Morgan fingerprint density at radius 2 is 2.20 bits per heavy atom. The lowest BCUT2D eigenvalue weighted by Gasteiger charge is -2.26. The van der Waals surface area contributed by atoms with Gasteiger partial charge in [-0.2, -0.15) is 0 Å². The minimum Gasteiger partial charge on any atom is -0.444 e. The topological polar surface area (TPSA) is 67.8 Å². The first-order valence-corrected chi connectivity index (χ1v) is 5.00. The molecule has 0 saturated carbocycles. The summed E-state index contributed by atoms with van der Waals surface area (Å²) >= 11 is 0. The second kappa shape index (κ2) is 3.98. The molecular weight excluding hydrogens is 198 g/mol. The molecule has 0 aromatic carbocycles. The first kappa shape index (κ1) is 12.3. The van der Waals surface area contributed by atoms with Crippen LogP contribution in [0.3, 0.4) is 0 Å². The summed E-state index contributed by atoms with van der Waals surface area (Å²) in [6.45, 7) is 7.53. The molecule has 5 nitrogen and oxygen atoms in total. The predicted molar refractivity (Wildman–Crippen MR) is 54.6 cm³/mol. The molecule has 1 unspecified atom stereocenters. The molecule has 0 radical (unpaired) electrons. The summed E-state index contributed by atoms with van der Waals surface area (Å²) in [7, 11) is 0. The summed E-state index contributed by atoms with van der Waals surface area (Å²) in [5.41, 5.74) is -1.55. The normalized spacial score (nSPS) is 31.4. The Kier molecular flexibility index (Phi) is 3.25. The van der Waals surface area contributed by atoms with Crippen LogP contribution in [0.1, 0.15) is 27.7 Å². The Bertz CT molecular complexity index is 244. The molecule has 15 heavy (non-hydrogen) atoms. The van der Waals surface area contributed by atoms with Crippen LogP contribution in [0.2, 0.25) is 0 Å². The van der Waals surface area contributed by atoms with E-state index in [4.69, 9.17) is 9.47 Å². The molecule has 1 aliphatic heterocycles. The fourth-order valence-electron chi connectivity index (χ4n) is 1.31. The number of carbonyl (C=O) groups excluding carboxylic acids is 1. The molecule has 2 atom stereocenters. The van der Waals surface area contributed by atoms with Crippen LogP contribution in [-0.2, 0) is 9.47 Å². The lowest BCUT2D eigenvalue weighted by molar-refractivity contribution is 0.0183. The highest BCUT2D eigenvalue weighted by Crippen LogP contribution is 2.18. The number of carbonyl (C=O) groups is 1. The lowest BCUT2D eigenvalue weighted by Crippen LogP contribution is -2.51. The van der Waals surface area contributed by atoms with Crippen LogP contribution in [0, 0.1) is 0 Å². The van der Waals surface area contributed by atoms with Gasteiger partial charge in [-0.3, -0.25) is 0 Å². The van der Waals surface area contributed by atoms with Crippen LogP contribution in [0.4, 0.5) is 4.79 Å². The zero-order valence-electron chi connectivity index (χ0n) is 9.66. The van der Waals surface area contributed by atoms with Gasteiger partial charge in [0, 0.05) is 0 Å². The Morgan fingerprint density at radius 3 is 2.60 bits per heavy atom. The average molecular weight is 217 g/mol. The van der Waals surface area contributed by atoms with Gasteiger partial charge in [0.25, 0.3) is 0 Å². The summed E-state index contributed by atoms with van der Waals surface area (Å²) in [6, 6.07) is -0.410. The number of rotatable bonds is 1. The van der Waals surface area contributed by atoms with Gasteiger partial charge in [0.05, 0.1) is 19.3 Å². The number of nitrogens with one attached hydrogen (secondary N) is 1. The summed E-state index contributed by atoms with van der Waals surface area (Å²) in [6.07, 6.45) is -0.529. The van der Waals surface area contributed by atoms with Crippen LogP contribution in [-0.4, -0.2) is 41.7 Å². The van der Waals surface area contributed by atoms with Gasteiger partial charge in [-0.25, -0.2) is 4.79 Å². The van der Waals surface area contributed by atoms with Crippen molar-refractivity contribution in [2.75, 3.05) is 13.2 Å². The van der Waals surface area contributed by atoms with E-state index in [1.54, 1.807) is 27.7 Å². The van der Waals surface area contributed by atoms with Crippen molar-refractivity contribution in [1.82, 2.24) is 5.32 Å². The maximum atomic E-state index is 11.4. The van der Waals surface area contributed by atoms with E-state index in [2.05, 4.69) is 5.32 Å². The van der Waals surface area contributed by atoms with Crippen LogP contribution in [0.25, 0.3) is 0 Å². The Morgan fingerprint density at radius 1 is 1.60 bits per heavy atom. The molecule has 0 bridgehead atoms. The summed E-state index contributed by atoms with van der Waals surface area (Å²) < 4.78 is 10.2. The number of amides is 1. The highest BCUT2D eigenvalue weighted by molar-refractivity contribution is 5.68. The van der Waals surface area contributed by atoms with Crippen molar-refractivity contribution >= 4 is 6.09 Å². The molecule has 1 amide bonds. The third-order valence-corrected chi connectivity index (χ3v) is 2.12. The minimum atomic E-state index is -1.02.